The molecule has 1 atom stereocenters. The summed E-state index contributed by atoms with van der Waals surface area (Å²) in [5, 5.41) is 10.3. The minimum Gasteiger partial charge on any atom is -0.497 e. The minimum atomic E-state index is -0.579. The minimum absolute atomic E-state index is 0.545. The highest BCUT2D eigenvalue weighted by molar-refractivity contribution is 9.10. The second-order valence-corrected chi connectivity index (χ2v) is 6.47. The van der Waals surface area contributed by atoms with Gasteiger partial charge in [-0.25, -0.2) is 0 Å². The molecule has 2 nitrogen and oxygen atoms in total. The molecule has 2 aromatic rings. The van der Waals surface area contributed by atoms with Crippen LogP contribution >= 0.6 is 38.9 Å². The van der Waals surface area contributed by atoms with Crippen molar-refractivity contribution in [3.63, 3.8) is 0 Å². The van der Waals surface area contributed by atoms with E-state index in [9.17, 15) is 5.11 Å². The summed E-state index contributed by atoms with van der Waals surface area (Å²) in [6.07, 6.45) is -0.0347. The van der Waals surface area contributed by atoms with Gasteiger partial charge in [0.15, 0.2) is 0 Å². The Morgan fingerprint density at radius 2 is 2.17 bits per heavy atom. The molecule has 0 aliphatic rings. The summed E-state index contributed by atoms with van der Waals surface area (Å²) in [6.45, 7) is 0. The van der Waals surface area contributed by atoms with Gasteiger partial charge in [0.1, 0.15) is 5.75 Å². The van der Waals surface area contributed by atoms with E-state index in [-0.39, 0.29) is 0 Å². The molecular weight excluding hydrogens is 336 g/mol. The van der Waals surface area contributed by atoms with Gasteiger partial charge in [0.25, 0.3) is 0 Å². The molecule has 96 valence electrons. The van der Waals surface area contributed by atoms with Crippen molar-refractivity contribution in [3.8, 4) is 5.75 Å². The zero-order valence-electron chi connectivity index (χ0n) is 9.69. The highest BCUT2D eigenvalue weighted by atomic mass is 79.9. The van der Waals surface area contributed by atoms with Crippen molar-refractivity contribution in [2.24, 2.45) is 0 Å². The Balaban J connectivity index is 2.20. The molecule has 0 saturated carbocycles. The number of thiophene rings is 1. The van der Waals surface area contributed by atoms with Gasteiger partial charge in [0.2, 0.25) is 0 Å². The molecule has 0 amide bonds. The molecule has 1 aromatic heterocycles. The molecule has 0 saturated heterocycles. The molecule has 1 heterocycles. The summed E-state index contributed by atoms with van der Waals surface area (Å²) in [6, 6.07) is 9.34. The van der Waals surface area contributed by atoms with Gasteiger partial charge in [0.05, 0.1) is 17.6 Å². The van der Waals surface area contributed by atoms with Crippen LogP contribution in [0.2, 0.25) is 4.34 Å². The molecule has 0 aliphatic heterocycles. The standard InChI is InChI=1S/C13H12BrClO2S/c1-17-8-2-4-11(14)10(6-8)12(16)7-9-3-5-13(15)18-9/h2-6,12,16H,7H2,1H3. The lowest BCUT2D eigenvalue weighted by molar-refractivity contribution is 0.178. The molecule has 1 aromatic carbocycles. The van der Waals surface area contributed by atoms with E-state index in [2.05, 4.69) is 15.9 Å². The number of hydrogen-bond donors (Lipinski definition) is 1. The summed E-state index contributed by atoms with van der Waals surface area (Å²) in [5.41, 5.74) is 0.818. The van der Waals surface area contributed by atoms with Crippen LogP contribution in [0.1, 0.15) is 16.5 Å². The Morgan fingerprint density at radius 3 is 2.78 bits per heavy atom. The van der Waals surface area contributed by atoms with Crippen LogP contribution in [0.4, 0.5) is 0 Å². The van der Waals surface area contributed by atoms with Crippen molar-refractivity contribution < 1.29 is 9.84 Å². The largest absolute Gasteiger partial charge is 0.497 e. The van der Waals surface area contributed by atoms with Gasteiger partial charge in [-0.05, 0) is 35.9 Å². The average Bonchev–Trinajstić information content (AvgIpc) is 2.75. The van der Waals surface area contributed by atoms with E-state index in [1.54, 1.807) is 7.11 Å². The van der Waals surface area contributed by atoms with E-state index in [4.69, 9.17) is 16.3 Å². The summed E-state index contributed by atoms with van der Waals surface area (Å²) in [5.74, 6) is 0.733. The number of halogens is 2. The second-order valence-electron chi connectivity index (χ2n) is 3.81. The van der Waals surface area contributed by atoms with E-state index >= 15 is 0 Å². The van der Waals surface area contributed by atoms with Crippen LogP contribution in [0.15, 0.2) is 34.8 Å². The molecule has 5 heteroatoms. The number of hydrogen-bond acceptors (Lipinski definition) is 3. The highest BCUT2D eigenvalue weighted by Crippen LogP contribution is 2.32. The van der Waals surface area contributed by atoms with Crippen molar-refractivity contribution in [2.45, 2.75) is 12.5 Å². The maximum absolute atomic E-state index is 10.3. The van der Waals surface area contributed by atoms with Gasteiger partial charge < -0.3 is 9.84 Å². The average molecular weight is 348 g/mol. The monoisotopic (exact) mass is 346 g/mol. The normalized spacial score (nSPS) is 12.4. The van der Waals surface area contributed by atoms with Crippen LogP contribution in [0.25, 0.3) is 0 Å². The zero-order chi connectivity index (χ0) is 13.1. The zero-order valence-corrected chi connectivity index (χ0v) is 12.8. The van der Waals surface area contributed by atoms with Gasteiger partial charge in [-0.3, -0.25) is 0 Å². The summed E-state index contributed by atoms with van der Waals surface area (Å²) >= 11 is 10.8. The Hall–Kier alpha value is -0.550. The van der Waals surface area contributed by atoms with Crippen molar-refractivity contribution in [1.82, 2.24) is 0 Å². The maximum atomic E-state index is 10.3. The molecule has 1 unspecified atom stereocenters. The van der Waals surface area contributed by atoms with Crippen LogP contribution in [0, 0.1) is 0 Å². The third-order valence-electron chi connectivity index (χ3n) is 2.59. The van der Waals surface area contributed by atoms with Crippen LogP contribution in [0.3, 0.4) is 0 Å². The first-order chi connectivity index (χ1) is 8.60. The van der Waals surface area contributed by atoms with Gasteiger partial charge in [-0.2, -0.15) is 0 Å². The summed E-state index contributed by atoms with van der Waals surface area (Å²) in [7, 11) is 1.61. The quantitative estimate of drug-likeness (QED) is 0.885. The van der Waals surface area contributed by atoms with Gasteiger partial charge in [-0.15, -0.1) is 11.3 Å². The topological polar surface area (TPSA) is 29.5 Å². The molecule has 0 aliphatic carbocycles. The molecule has 0 bridgehead atoms. The fourth-order valence-corrected chi connectivity index (χ4v) is 3.30. The first kappa shape index (κ1) is 13.9. The van der Waals surface area contributed by atoms with Crippen LogP contribution in [-0.4, -0.2) is 12.2 Å². The highest BCUT2D eigenvalue weighted by Gasteiger charge is 2.14. The lowest BCUT2D eigenvalue weighted by Crippen LogP contribution is -2.02. The van der Waals surface area contributed by atoms with Gasteiger partial charge in [-0.1, -0.05) is 27.5 Å². The third-order valence-corrected chi connectivity index (χ3v) is 4.56. The van der Waals surface area contributed by atoms with E-state index < -0.39 is 6.10 Å². The maximum Gasteiger partial charge on any atom is 0.119 e. The smallest absolute Gasteiger partial charge is 0.119 e. The van der Waals surface area contributed by atoms with E-state index in [1.165, 1.54) is 11.3 Å². The number of benzene rings is 1. The summed E-state index contributed by atoms with van der Waals surface area (Å²) in [4.78, 5) is 1.06. The summed E-state index contributed by atoms with van der Waals surface area (Å²) < 4.78 is 6.78. The van der Waals surface area contributed by atoms with Gasteiger partial charge in [0, 0.05) is 15.8 Å². The Kier molecular flexibility index (Phi) is 4.67. The van der Waals surface area contributed by atoms with Gasteiger partial charge >= 0.3 is 0 Å². The predicted molar refractivity (Wildman–Crippen MR) is 78.7 cm³/mol. The molecule has 0 radical (unpaired) electrons. The lowest BCUT2D eigenvalue weighted by Gasteiger charge is -2.13. The molecule has 2 rings (SSSR count). The predicted octanol–water partition coefficient (Wildman–Crippen LogP) is 4.45. The van der Waals surface area contributed by atoms with E-state index in [0.717, 1.165) is 25.0 Å². The second kappa shape index (κ2) is 6.06. The fourth-order valence-electron chi connectivity index (χ4n) is 1.67. The number of aliphatic hydroxyl groups is 1. The van der Waals surface area contributed by atoms with Crippen LogP contribution in [0.5, 0.6) is 5.75 Å². The number of rotatable bonds is 4. The van der Waals surface area contributed by atoms with E-state index in [0.29, 0.717) is 6.42 Å². The SMILES string of the molecule is COc1ccc(Br)c(C(O)Cc2ccc(Cl)s2)c1. The van der Waals surface area contributed by atoms with Crippen molar-refractivity contribution in [1.29, 1.82) is 0 Å². The first-order valence-corrected chi connectivity index (χ1v) is 7.34. The first-order valence-electron chi connectivity index (χ1n) is 5.36. The number of methoxy groups -OCH3 is 1. The molecule has 1 N–H and O–H groups in total. The van der Waals surface area contributed by atoms with Crippen LogP contribution < -0.4 is 4.74 Å². The Bertz CT molecular complexity index is 542. The van der Waals surface area contributed by atoms with Crippen LogP contribution in [-0.2, 0) is 6.42 Å². The third kappa shape index (κ3) is 3.26. The number of ether oxygens (including phenoxy) is 1. The molecule has 18 heavy (non-hydrogen) atoms. The molecule has 0 fully saturated rings. The van der Waals surface area contributed by atoms with E-state index in [1.807, 2.05) is 30.3 Å². The lowest BCUT2D eigenvalue weighted by atomic mass is 10.1. The van der Waals surface area contributed by atoms with Crippen molar-refractivity contribution in [2.75, 3.05) is 7.11 Å². The fraction of sp³-hybridized carbons (Fsp3) is 0.231. The van der Waals surface area contributed by atoms with Crippen molar-refractivity contribution in [3.05, 3.63) is 49.6 Å². The number of aliphatic hydroxyl groups excluding tert-OH is 1. The van der Waals surface area contributed by atoms with Crippen molar-refractivity contribution >= 4 is 38.9 Å². The molecule has 0 spiro atoms. The molecular formula is C13H12BrClO2S. The Labute approximate surface area is 123 Å². The Morgan fingerprint density at radius 1 is 1.39 bits per heavy atom.